The van der Waals surface area contributed by atoms with Crippen LogP contribution in [0.2, 0.25) is 12.3 Å². The van der Waals surface area contributed by atoms with E-state index >= 15 is 0 Å². The zero-order valence-corrected chi connectivity index (χ0v) is 21.8. The monoisotopic (exact) mass is 507 g/mol. The van der Waals surface area contributed by atoms with Gasteiger partial charge in [0, 0.05) is 0 Å². The molecule has 0 aliphatic rings. The fourth-order valence-electron chi connectivity index (χ4n) is 4.72. The summed E-state index contributed by atoms with van der Waals surface area (Å²) in [5.74, 6) is -0.815. The number of aromatic nitrogens is 2. The molecule has 0 aliphatic carbocycles. The molecule has 2 aromatic rings. The van der Waals surface area contributed by atoms with Gasteiger partial charge in [-0.15, -0.1) is 0 Å². The van der Waals surface area contributed by atoms with E-state index in [2.05, 4.69) is 68.5 Å². The van der Waals surface area contributed by atoms with Gasteiger partial charge in [-0.05, 0) is 0 Å². The molecule has 0 aliphatic heterocycles. The number of benzene rings is 1. The molecule has 1 aromatic heterocycles. The molecular formula is C24H39N2O2Sn+. The Morgan fingerprint density at radius 1 is 1.14 bits per heavy atom. The molecule has 1 heterocycles. The van der Waals surface area contributed by atoms with Gasteiger partial charge in [-0.25, -0.2) is 0 Å². The second-order valence-electron chi connectivity index (χ2n) is 8.98. The molecule has 0 spiro atoms. The van der Waals surface area contributed by atoms with Crippen LogP contribution < -0.4 is 8.15 Å². The Labute approximate surface area is 180 Å². The first-order valence-electron chi connectivity index (χ1n) is 11.2. The van der Waals surface area contributed by atoms with Crippen molar-refractivity contribution in [1.82, 2.24) is 4.57 Å². The molecule has 4 nitrogen and oxygen atoms in total. The van der Waals surface area contributed by atoms with Crippen LogP contribution in [0.4, 0.5) is 0 Å². The molecule has 0 atom stereocenters. The minimum absolute atomic E-state index is 0.181. The minimum atomic E-state index is -2.98. The molecule has 0 radical (unpaired) electrons. The number of hydrogen-bond donors (Lipinski definition) is 1. The zero-order valence-electron chi connectivity index (χ0n) is 18.9. The van der Waals surface area contributed by atoms with Gasteiger partial charge in [0.2, 0.25) is 0 Å². The summed E-state index contributed by atoms with van der Waals surface area (Å²) in [5, 5.41) is 9.61. The second kappa shape index (κ2) is 10.6. The van der Waals surface area contributed by atoms with Gasteiger partial charge < -0.3 is 0 Å². The van der Waals surface area contributed by atoms with E-state index in [1.165, 1.54) is 38.1 Å². The standard InChI is InChI=1S/C9H16N2.C7H5O2.2C4H9.Sn/c1-4-10-5-6-11(8-10)7-9(2)3;8-7(9)6-4-2-1-3-5-6;2*1-3-4-2;/h5-6,8H,4,7H2,1-3H3;1-2,4-5H,(H,8,9);2*1,3-4H2,2H3;/q+1;;;;. The predicted molar refractivity (Wildman–Crippen MR) is 123 cm³/mol. The van der Waals surface area contributed by atoms with Crippen LogP contribution in [0, 0.1) is 0 Å². The SMILES string of the molecule is CCC[CH2][Sn]([CH2]CCC)([c]1cccc(C(=O)O)c1)[C](C)(C)C[n+]1ccn(CC)c1. The molecule has 2 rings (SSSR count). The number of aromatic carboxylic acids is 1. The van der Waals surface area contributed by atoms with Gasteiger partial charge in [0.25, 0.3) is 0 Å². The van der Waals surface area contributed by atoms with Crippen LogP contribution in [-0.2, 0) is 13.1 Å². The van der Waals surface area contributed by atoms with Crippen molar-refractivity contribution in [2.75, 3.05) is 0 Å². The maximum atomic E-state index is 11.7. The molecule has 1 aromatic carbocycles. The summed E-state index contributed by atoms with van der Waals surface area (Å²) in [4.78, 5) is 11.7. The molecule has 0 unspecified atom stereocenters. The number of rotatable bonds is 12. The van der Waals surface area contributed by atoms with Crippen molar-refractivity contribution in [2.24, 2.45) is 0 Å². The van der Waals surface area contributed by atoms with Gasteiger partial charge >= 0.3 is 181 Å². The quantitative estimate of drug-likeness (QED) is 0.317. The van der Waals surface area contributed by atoms with Crippen molar-refractivity contribution < 1.29 is 14.5 Å². The Balaban J connectivity index is 2.55. The van der Waals surface area contributed by atoms with Crippen molar-refractivity contribution in [2.45, 2.75) is 85.7 Å². The molecule has 5 heteroatoms. The Bertz CT molecular complexity index is 790. The molecule has 0 fully saturated rings. The molecule has 29 heavy (non-hydrogen) atoms. The van der Waals surface area contributed by atoms with Crippen LogP contribution in [0.3, 0.4) is 0 Å². The van der Waals surface area contributed by atoms with Crippen LogP contribution >= 0.6 is 0 Å². The Morgan fingerprint density at radius 3 is 2.31 bits per heavy atom. The summed E-state index contributed by atoms with van der Waals surface area (Å²) in [6.45, 7) is 13.6. The maximum absolute atomic E-state index is 11.7. The first-order valence-corrected chi connectivity index (χ1v) is 18.1. The Morgan fingerprint density at radius 2 is 1.79 bits per heavy atom. The number of carboxylic acid groups (broad SMARTS) is 1. The number of carbonyl (C=O) groups is 1. The van der Waals surface area contributed by atoms with E-state index in [-0.39, 0.29) is 3.43 Å². The second-order valence-corrected chi connectivity index (χ2v) is 23.5. The number of nitrogens with zero attached hydrogens (tertiary/aromatic N) is 2. The van der Waals surface area contributed by atoms with Gasteiger partial charge in [0.05, 0.1) is 0 Å². The molecule has 0 amide bonds. The van der Waals surface area contributed by atoms with Crippen molar-refractivity contribution in [3.05, 3.63) is 48.5 Å². The third-order valence-electron chi connectivity index (χ3n) is 6.56. The normalized spacial score (nSPS) is 12.3. The molecule has 0 bridgehead atoms. The van der Waals surface area contributed by atoms with E-state index in [0.717, 1.165) is 13.1 Å². The number of unbranched alkanes of at least 4 members (excludes halogenated alkanes) is 2. The van der Waals surface area contributed by atoms with E-state index in [0.29, 0.717) is 5.56 Å². The fraction of sp³-hybridized carbons (Fsp3) is 0.583. The summed E-state index contributed by atoms with van der Waals surface area (Å²) in [7, 11) is 0. The average Bonchev–Trinajstić information content (AvgIpc) is 3.15. The summed E-state index contributed by atoms with van der Waals surface area (Å²) >= 11 is -2.98. The number of aryl methyl sites for hydroxylation is 1. The van der Waals surface area contributed by atoms with Gasteiger partial charge in [-0.2, -0.15) is 0 Å². The Kier molecular flexibility index (Phi) is 8.80. The number of imidazole rings is 1. The summed E-state index contributed by atoms with van der Waals surface area (Å²) < 4.78 is 8.71. The summed E-state index contributed by atoms with van der Waals surface area (Å²) in [5.41, 5.74) is 0.442. The van der Waals surface area contributed by atoms with Crippen LogP contribution in [0.5, 0.6) is 0 Å². The first-order chi connectivity index (χ1) is 13.8. The van der Waals surface area contributed by atoms with Crippen molar-refractivity contribution in [3.8, 4) is 0 Å². The fourth-order valence-corrected chi connectivity index (χ4v) is 22.4. The van der Waals surface area contributed by atoms with E-state index in [1.807, 2.05) is 12.1 Å². The summed E-state index contributed by atoms with van der Waals surface area (Å²) in [6, 6.07) is 7.98. The van der Waals surface area contributed by atoms with Crippen LogP contribution in [0.1, 0.15) is 70.7 Å². The van der Waals surface area contributed by atoms with Crippen molar-refractivity contribution in [1.29, 1.82) is 0 Å². The molecule has 1 N–H and O–H groups in total. The zero-order chi connectivity index (χ0) is 21.5. The number of carboxylic acids is 1. The van der Waals surface area contributed by atoms with Gasteiger partial charge in [0.15, 0.2) is 0 Å². The van der Waals surface area contributed by atoms with Crippen LogP contribution in [0.25, 0.3) is 0 Å². The first kappa shape index (κ1) is 24.0. The van der Waals surface area contributed by atoms with Gasteiger partial charge in [-0.1, -0.05) is 0 Å². The molecule has 160 valence electrons. The third kappa shape index (κ3) is 5.65. The van der Waals surface area contributed by atoms with Crippen LogP contribution in [0.15, 0.2) is 43.0 Å². The van der Waals surface area contributed by atoms with E-state index in [9.17, 15) is 9.90 Å². The topological polar surface area (TPSA) is 46.1 Å². The van der Waals surface area contributed by atoms with Crippen molar-refractivity contribution in [3.63, 3.8) is 0 Å². The van der Waals surface area contributed by atoms with Crippen molar-refractivity contribution >= 4 is 27.9 Å². The average molecular weight is 506 g/mol. The van der Waals surface area contributed by atoms with Gasteiger partial charge in [-0.3, -0.25) is 0 Å². The van der Waals surface area contributed by atoms with E-state index < -0.39 is 24.3 Å². The molecule has 0 saturated carbocycles. The Hall–Kier alpha value is -1.30. The van der Waals surface area contributed by atoms with E-state index in [1.54, 1.807) is 6.07 Å². The number of hydrogen-bond acceptors (Lipinski definition) is 1. The third-order valence-corrected chi connectivity index (χ3v) is 25.3. The summed E-state index contributed by atoms with van der Waals surface area (Å²) in [6.07, 6.45) is 11.4. The van der Waals surface area contributed by atoms with Gasteiger partial charge in [0.1, 0.15) is 0 Å². The van der Waals surface area contributed by atoms with E-state index in [4.69, 9.17) is 0 Å². The molecule has 0 saturated heterocycles. The predicted octanol–water partition coefficient (Wildman–Crippen LogP) is 5.23. The molecular weight excluding hydrogens is 467 g/mol. The van der Waals surface area contributed by atoms with Crippen LogP contribution in [-0.4, -0.2) is 34.0 Å².